The standard InChI is InChI=1S/C26H31Cl2NO5S/c1-4-35(33,34)22(17-8-10-19(27)11-9-17)12-16(2)24-21(18-6-5-7-20(28)13-18)14-26(3,15-23(30)31)25(32)29-24/h5-11,13,16,21-22,24H,4,12,14-15H2,1-3H3,(H,29,32)(H,30,31). The Morgan fingerprint density at radius 1 is 1.17 bits per heavy atom. The fourth-order valence-corrected chi connectivity index (χ4v) is 6.97. The number of hydrogen-bond donors (Lipinski definition) is 2. The minimum absolute atomic E-state index is 0.0154. The number of aliphatic carboxylic acids is 1. The van der Waals surface area contributed by atoms with E-state index in [0.717, 1.165) is 5.56 Å². The average Bonchev–Trinajstić information content (AvgIpc) is 2.79. The van der Waals surface area contributed by atoms with Crippen molar-refractivity contribution in [2.75, 3.05) is 5.75 Å². The number of carbonyl (C=O) groups excluding carboxylic acids is 1. The highest BCUT2D eigenvalue weighted by molar-refractivity contribution is 7.91. The van der Waals surface area contributed by atoms with Gasteiger partial charge in [-0.05, 0) is 54.2 Å². The quantitative estimate of drug-likeness (QED) is 0.428. The van der Waals surface area contributed by atoms with Crippen molar-refractivity contribution in [2.45, 2.75) is 57.2 Å². The van der Waals surface area contributed by atoms with Crippen LogP contribution in [-0.2, 0) is 19.4 Å². The number of amides is 1. The first-order valence-corrected chi connectivity index (χ1v) is 14.1. The van der Waals surface area contributed by atoms with Gasteiger partial charge in [-0.2, -0.15) is 0 Å². The summed E-state index contributed by atoms with van der Waals surface area (Å²) < 4.78 is 26.2. The van der Waals surface area contributed by atoms with Gasteiger partial charge in [-0.1, -0.05) is 68.2 Å². The SMILES string of the molecule is CCS(=O)(=O)C(CC(C)C1NC(=O)C(C)(CC(=O)O)CC1c1cccc(Cl)c1)c1ccc(Cl)cc1. The molecule has 2 aromatic rings. The van der Waals surface area contributed by atoms with Gasteiger partial charge in [-0.3, -0.25) is 9.59 Å². The van der Waals surface area contributed by atoms with Gasteiger partial charge < -0.3 is 10.4 Å². The molecule has 1 heterocycles. The van der Waals surface area contributed by atoms with Crippen molar-refractivity contribution in [3.8, 4) is 0 Å². The van der Waals surface area contributed by atoms with Crippen LogP contribution in [0.3, 0.4) is 0 Å². The van der Waals surface area contributed by atoms with Crippen molar-refractivity contribution in [2.24, 2.45) is 11.3 Å². The fourth-order valence-electron chi connectivity index (χ4n) is 5.07. The third-order valence-corrected chi connectivity index (χ3v) is 9.67. The van der Waals surface area contributed by atoms with Crippen molar-refractivity contribution in [3.05, 3.63) is 69.7 Å². The predicted octanol–water partition coefficient (Wildman–Crippen LogP) is 5.65. The van der Waals surface area contributed by atoms with Crippen LogP contribution < -0.4 is 5.32 Å². The van der Waals surface area contributed by atoms with E-state index in [2.05, 4.69) is 5.32 Å². The largest absolute Gasteiger partial charge is 0.481 e. The summed E-state index contributed by atoms with van der Waals surface area (Å²) in [4.78, 5) is 24.6. The maximum atomic E-state index is 13.1. The molecule has 1 fully saturated rings. The predicted molar refractivity (Wildman–Crippen MR) is 139 cm³/mol. The Morgan fingerprint density at radius 3 is 2.40 bits per heavy atom. The number of halogens is 2. The molecule has 2 N–H and O–H groups in total. The van der Waals surface area contributed by atoms with E-state index in [0.29, 0.717) is 22.0 Å². The van der Waals surface area contributed by atoms with Crippen molar-refractivity contribution < 1.29 is 23.1 Å². The van der Waals surface area contributed by atoms with Crippen LogP contribution in [0.4, 0.5) is 0 Å². The van der Waals surface area contributed by atoms with Gasteiger partial charge in [0.15, 0.2) is 9.84 Å². The number of carbonyl (C=O) groups is 2. The second-order valence-electron chi connectivity index (χ2n) is 9.70. The normalized spacial score (nSPS) is 24.4. The minimum Gasteiger partial charge on any atom is -0.481 e. The molecule has 1 amide bonds. The molecule has 0 spiro atoms. The molecule has 0 saturated carbocycles. The minimum atomic E-state index is -3.46. The molecule has 6 nitrogen and oxygen atoms in total. The van der Waals surface area contributed by atoms with E-state index in [1.807, 2.05) is 25.1 Å². The summed E-state index contributed by atoms with van der Waals surface area (Å²) in [5.74, 6) is -1.87. The second-order valence-corrected chi connectivity index (χ2v) is 13.0. The summed E-state index contributed by atoms with van der Waals surface area (Å²) in [5.41, 5.74) is 0.438. The van der Waals surface area contributed by atoms with Crippen molar-refractivity contribution in [1.82, 2.24) is 5.32 Å². The van der Waals surface area contributed by atoms with Crippen LogP contribution in [0, 0.1) is 11.3 Å². The molecule has 1 aliphatic rings. The Kier molecular flexibility index (Phi) is 8.56. The smallest absolute Gasteiger partial charge is 0.304 e. The third-order valence-electron chi connectivity index (χ3n) is 7.04. The summed E-state index contributed by atoms with van der Waals surface area (Å²) in [6, 6.07) is 13.7. The summed E-state index contributed by atoms with van der Waals surface area (Å²) >= 11 is 12.3. The lowest BCUT2D eigenvalue weighted by molar-refractivity contribution is -0.147. The van der Waals surface area contributed by atoms with Gasteiger partial charge in [0.1, 0.15) is 0 Å². The van der Waals surface area contributed by atoms with Crippen LogP contribution in [-0.4, -0.2) is 37.2 Å². The molecule has 5 atom stereocenters. The first-order valence-electron chi connectivity index (χ1n) is 11.6. The molecule has 0 radical (unpaired) electrons. The zero-order valence-corrected chi connectivity index (χ0v) is 22.3. The maximum absolute atomic E-state index is 13.1. The van der Waals surface area contributed by atoms with Gasteiger partial charge in [0, 0.05) is 27.8 Å². The average molecular weight is 541 g/mol. The van der Waals surface area contributed by atoms with E-state index in [1.54, 1.807) is 44.2 Å². The Morgan fingerprint density at radius 2 is 1.83 bits per heavy atom. The highest BCUT2D eigenvalue weighted by Crippen LogP contribution is 2.45. The molecular formula is C26H31Cl2NO5S. The molecule has 5 unspecified atom stereocenters. The van der Waals surface area contributed by atoms with Gasteiger partial charge in [0.25, 0.3) is 0 Å². The van der Waals surface area contributed by atoms with Crippen LogP contribution in [0.2, 0.25) is 10.0 Å². The van der Waals surface area contributed by atoms with E-state index >= 15 is 0 Å². The van der Waals surface area contributed by atoms with Crippen molar-refractivity contribution in [3.63, 3.8) is 0 Å². The number of nitrogens with one attached hydrogen (secondary N) is 1. The zero-order chi connectivity index (χ0) is 26.0. The summed E-state index contributed by atoms with van der Waals surface area (Å²) in [5, 5.41) is 12.8. The number of rotatable bonds is 9. The topological polar surface area (TPSA) is 101 Å². The Hall–Kier alpha value is -2.09. The van der Waals surface area contributed by atoms with E-state index in [-0.39, 0.29) is 36.3 Å². The number of carboxylic acids is 1. The summed E-state index contributed by atoms with van der Waals surface area (Å²) in [6.45, 7) is 5.21. The second kappa shape index (κ2) is 10.9. The molecular weight excluding hydrogens is 509 g/mol. The van der Waals surface area contributed by atoms with Crippen LogP contribution in [0.1, 0.15) is 62.3 Å². The lowest BCUT2D eigenvalue weighted by Crippen LogP contribution is -2.56. The molecule has 1 aliphatic heterocycles. The van der Waals surface area contributed by atoms with Crippen LogP contribution in [0.5, 0.6) is 0 Å². The highest BCUT2D eigenvalue weighted by atomic mass is 35.5. The van der Waals surface area contributed by atoms with Gasteiger partial charge in [0.05, 0.1) is 17.1 Å². The van der Waals surface area contributed by atoms with Gasteiger partial charge in [0.2, 0.25) is 5.91 Å². The van der Waals surface area contributed by atoms with Crippen LogP contribution in [0.15, 0.2) is 48.5 Å². The third kappa shape index (κ3) is 6.38. The zero-order valence-electron chi connectivity index (χ0n) is 20.0. The number of hydrogen-bond acceptors (Lipinski definition) is 4. The van der Waals surface area contributed by atoms with Gasteiger partial charge in [-0.25, -0.2) is 8.42 Å². The van der Waals surface area contributed by atoms with Crippen molar-refractivity contribution >= 4 is 44.9 Å². The fraction of sp³-hybridized carbons (Fsp3) is 0.462. The lowest BCUT2D eigenvalue weighted by Gasteiger charge is -2.45. The molecule has 0 aliphatic carbocycles. The van der Waals surface area contributed by atoms with E-state index < -0.39 is 32.5 Å². The number of carboxylic acid groups (broad SMARTS) is 1. The summed E-state index contributed by atoms with van der Waals surface area (Å²) in [6.07, 6.45) is 0.302. The van der Waals surface area contributed by atoms with Gasteiger partial charge in [-0.15, -0.1) is 0 Å². The van der Waals surface area contributed by atoms with Crippen LogP contribution in [0.25, 0.3) is 0 Å². The van der Waals surface area contributed by atoms with Gasteiger partial charge >= 0.3 is 5.97 Å². The molecule has 0 bridgehead atoms. The molecule has 0 aromatic heterocycles. The number of sulfone groups is 1. The Labute approximate surface area is 216 Å². The Balaban J connectivity index is 1.99. The first-order chi connectivity index (χ1) is 16.4. The van der Waals surface area contributed by atoms with Crippen molar-refractivity contribution in [1.29, 1.82) is 0 Å². The summed E-state index contributed by atoms with van der Waals surface area (Å²) in [7, 11) is -3.46. The number of piperidine rings is 1. The maximum Gasteiger partial charge on any atom is 0.304 e. The molecule has 9 heteroatoms. The molecule has 3 rings (SSSR count). The molecule has 1 saturated heterocycles. The monoisotopic (exact) mass is 539 g/mol. The van der Waals surface area contributed by atoms with E-state index in [1.165, 1.54) is 0 Å². The lowest BCUT2D eigenvalue weighted by atomic mass is 9.67. The van der Waals surface area contributed by atoms with E-state index in [9.17, 15) is 23.1 Å². The first kappa shape index (κ1) is 27.5. The number of benzene rings is 2. The Bertz CT molecular complexity index is 1180. The highest BCUT2D eigenvalue weighted by Gasteiger charge is 2.47. The van der Waals surface area contributed by atoms with E-state index in [4.69, 9.17) is 23.2 Å². The molecule has 35 heavy (non-hydrogen) atoms. The molecule has 190 valence electrons. The molecule has 2 aromatic carbocycles. The van der Waals surface area contributed by atoms with Crippen LogP contribution >= 0.6 is 23.2 Å².